The Morgan fingerprint density at radius 3 is 2.69 bits per heavy atom. The number of fused-ring (bicyclic) bond motifs is 4. The highest BCUT2D eigenvalue weighted by Gasteiger charge is 2.30. The van der Waals surface area contributed by atoms with Crippen molar-refractivity contribution in [2.75, 3.05) is 33.0 Å². The van der Waals surface area contributed by atoms with Crippen LogP contribution in [0.4, 0.5) is 14.7 Å². The van der Waals surface area contributed by atoms with Crippen molar-refractivity contribution < 1.29 is 22.7 Å². The molecule has 13 heteroatoms. The Hall–Kier alpha value is -5.30. The van der Waals surface area contributed by atoms with Crippen molar-refractivity contribution in [1.29, 1.82) is 0 Å². The van der Waals surface area contributed by atoms with E-state index in [2.05, 4.69) is 15.0 Å². The van der Waals surface area contributed by atoms with Gasteiger partial charge in [0, 0.05) is 29.9 Å². The number of carbonyl (C=O) groups is 1. The molecule has 0 amide bonds. The molecule has 0 atom stereocenters. The fraction of sp³-hybridized carbons (Fsp3) is 0.172. The number of anilines is 1. The summed E-state index contributed by atoms with van der Waals surface area (Å²) in [6, 6.07) is 8.07. The molecule has 0 saturated carbocycles. The van der Waals surface area contributed by atoms with Gasteiger partial charge >= 0.3 is 5.97 Å². The zero-order chi connectivity index (χ0) is 29.7. The number of nitrogen functional groups attached to an aromatic ring is 1. The molecule has 11 nitrogen and oxygen atoms in total. The molecule has 0 bridgehead atoms. The number of nitrogens with two attached hydrogens (primary N) is 1. The van der Waals surface area contributed by atoms with Crippen molar-refractivity contribution in [1.82, 2.24) is 24.4 Å². The van der Waals surface area contributed by atoms with Gasteiger partial charge in [-0.15, -0.1) is 0 Å². The number of pyridine rings is 1. The number of nitrogens with zero attached hydrogens (tertiary/aromatic N) is 3. The minimum atomic E-state index is -0.820. The Balaban J connectivity index is 1.67. The van der Waals surface area contributed by atoms with Gasteiger partial charge < -0.3 is 29.3 Å². The molecule has 0 fully saturated rings. The molecule has 4 N–H and O–H groups in total. The van der Waals surface area contributed by atoms with Gasteiger partial charge in [-0.2, -0.15) is 0 Å². The monoisotopic (exact) mass is 574 g/mol. The summed E-state index contributed by atoms with van der Waals surface area (Å²) in [5.41, 5.74) is 4.90. The summed E-state index contributed by atoms with van der Waals surface area (Å²) in [6.07, 6.45) is 2.73. The zero-order valence-corrected chi connectivity index (χ0v) is 22.5. The number of furan rings is 1. The average Bonchev–Trinajstić information content (AvgIpc) is 3.53. The molecule has 6 rings (SSSR count). The van der Waals surface area contributed by atoms with Gasteiger partial charge in [0.25, 0.3) is 11.1 Å². The third-order valence-corrected chi connectivity index (χ3v) is 6.99. The molecule has 0 saturated heterocycles. The average molecular weight is 575 g/mol. The lowest BCUT2D eigenvalue weighted by molar-refractivity contribution is 0.0471. The van der Waals surface area contributed by atoms with E-state index in [9.17, 15) is 14.4 Å². The highest BCUT2D eigenvalue weighted by Crippen LogP contribution is 2.40. The minimum Gasteiger partial charge on any atom is -0.463 e. The highest BCUT2D eigenvalue weighted by molar-refractivity contribution is 6.17. The van der Waals surface area contributed by atoms with E-state index in [0.29, 0.717) is 6.54 Å². The van der Waals surface area contributed by atoms with Crippen molar-refractivity contribution in [2.24, 2.45) is 0 Å². The standard InChI is InChI=1S/C29H24F2N6O5/c1-36(2)7-9-42-28(40)24-22(16-4-3-6-33-26(16)38)23-21(12-19(31)15-5-8-41-25(15)23)37(24)13-14-10-17-20(11-18(14)30)34-29(32)35-27(17)39/h3-6,8,10-12H,7,9,13H2,1-2H3,(H,33,38)(H3,32,34,35,39). The number of benzene rings is 2. The number of hydrogen-bond donors (Lipinski definition) is 3. The first-order valence-electron chi connectivity index (χ1n) is 12.8. The molecule has 0 aliphatic heterocycles. The normalized spacial score (nSPS) is 11.7. The maximum atomic E-state index is 15.5. The van der Waals surface area contributed by atoms with E-state index >= 15 is 8.78 Å². The number of halogens is 2. The van der Waals surface area contributed by atoms with Crippen LogP contribution in [0.5, 0.6) is 0 Å². The van der Waals surface area contributed by atoms with Crippen molar-refractivity contribution in [3.05, 3.63) is 92.5 Å². The van der Waals surface area contributed by atoms with Gasteiger partial charge in [0.15, 0.2) is 0 Å². The van der Waals surface area contributed by atoms with Crippen molar-refractivity contribution in [2.45, 2.75) is 6.54 Å². The van der Waals surface area contributed by atoms with Gasteiger partial charge in [0.1, 0.15) is 29.5 Å². The molecule has 6 aromatic rings. The first-order valence-corrected chi connectivity index (χ1v) is 12.8. The van der Waals surface area contributed by atoms with Gasteiger partial charge in [0.2, 0.25) is 5.95 Å². The summed E-state index contributed by atoms with van der Waals surface area (Å²) in [7, 11) is 3.62. The number of H-pyrrole nitrogens is 2. The summed E-state index contributed by atoms with van der Waals surface area (Å²) in [6.45, 7) is 0.0777. The molecule has 4 aromatic heterocycles. The second-order valence-corrected chi connectivity index (χ2v) is 9.99. The SMILES string of the molecule is CN(C)CCOC(=O)c1c(-c2ccc[nH]c2=O)c2c3occc3c(F)cc2n1Cc1cc2c(=O)[nH]c(N)nc2cc1F. The topological polar surface area (TPSA) is 152 Å². The second kappa shape index (κ2) is 10.3. The Labute approximate surface area is 235 Å². The number of carbonyl (C=O) groups excluding carboxylic acids is 1. The lowest BCUT2D eigenvalue weighted by atomic mass is 10.0. The van der Waals surface area contributed by atoms with Gasteiger partial charge in [-0.3, -0.25) is 14.6 Å². The zero-order valence-electron chi connectivity index (χ0n) is 22.5. The van der Waals surface area contributed by atoms with E-state index in [1.807, 2.05) is 19.0 Å². The Bertz CT molecular complexity index is 2140. The summed E-state index contributed by atoms with van der Waals surface area (Å²) < 4.78 is 43.5. The predicted molar refractivity (Wildman–Crippen MR) is 152 cm³/mol. The Morgan fingerprint density at radius 2 is 1.93 bits per heavy atom. The van der Waals surface area contributed by atoms with Crippen LogP contribution in [0.2, 0.25) is 0 Å². The maximum Gasteiger partial charge on any atom is 0.355 e. The molecule has 0 radical (unpaired) electrons. The molecule has 0 aliphatic rings. The van der Waals surface area contributed by atoms with Crippen LogP contribution in [0.15, 0.2) is 62.9 Å². The molecule has 4 heterocycles. The van der Waals surface area contributed by atoms with Crippen molar-refractivity contribution >= 4 is 44.7 Å². The van der Waals surface area contributed by atoms with E-state index in [4.69, 9.17) is 14.9 Å². The summed E-state index contributed by atoms with van der Waals surface area (Å²) in [4.78, 5) is 50.2. The van der Waals surface area contributed by atoms with Crippen molar-refractivity contribution in [3.8, 4) is 11.1 Å². The van der Waals surface area contributed by atoms with E-state index in [-0.39, 0.29) is 74.3 Å². The molecular formula is C29H24F2N6O5. The van der Waals surface area contributed by atoms with E-state index in [0.717, 1.165) is 6.07 Å². The maximum absolute atomic E-state index is 15.5. The third kappa shape index (κ3) is 4.49. The van der Waals surface area contributed by atoms with Gasteiger partial charge in [-0.05, 0) is 44.4 Å². The Morgan fingerprint density at radius 1 is 1.12 bits per heavy atom. The van der Waals surface area contributed by atoms with Crippen LogP contribution < -0.4 is 16.9 Å². The van der Waals surface area contributed by atoms with Crippen LogP contribution in [0.25, 0.3) is 43.9 Å². The number of rotatable bonds is 7. The fourth-order valence-electron chi connectivity index (χ4n) is 5.07. The van der Waals surface area contributed by atoms with Gasteiger partial charge in [-0.25, -0.2) is 18.6 Å². The fourth-order valence-corrected chi connectivity index (χ4v) is 5.07. The van der Waals surface area contributed by atoms with Gasteiger partial charge in [-0.1, -0.05) is 0 Å². The molecule has 42 heavy (non-hydrogen) atoms. The number of hydrogen-bond acceptors (Lipinski definition) is 8. The van der Waals surface area contributed by atoms with Crippen LogP contribution >= 0.6 is 0 Å². The van der Waals surface area contributed by atoms with Gasteiger partial charge in [0.05, 0.1) is 45.6 Å². The Kier molecular flexibility index (Phi) is 6.58. The quantitative estimate of drug-likeness (QED) is 0.245. The van der Waals surface area contributed by atoms with Crippen LogP contribution in [0.1, 0.15) is 16.1 Å². The lowest BCUT2D eigenvalue weighted by Gasteiger charge is -2.14. The molecule has 0 aliphatic carbocycles. The van der Waals surface area contributed by atoms with Crippen molar-refractivity contribution in [3.63, 3.8) is 0 Å². The largest absolute Gasteiger partial charge is 0.463 e. The number of likely N-dealkylation sites (N-methyl/N-ethyl adjacent to an activating group) is 1. The first kappa shape index (κ1) is 26.9. The number of aromatic amines is 2. The first-order chi connectivity index (χ1) is 20.1. The lowest BCUT2D eigenvalue weighted by Crippen LogP contribution is -2.22. The smallest absolute Gasteiger partial charge is 0.355 e. The molecule has 0 unspecified atom stereocenters. The third-order valence-electron chi connectivity index (χ3n) is 6.99. The molecule has 0 spiro atoms. The van der Waals surface area contributed by atoms with Crippen LogP contribution in [-0.4, -0.2) is 57.6 Å². The van der Waals surface area contributed by atoms with E-state index in [1.54, 1.807) is 6.07 Å². The number of ether oxygens (including phenoxy) is 1. The number of nitrogens with one attached hydrogen (secondary N) is 2. The van der Waals surface area contributed by atoms with E-state index in [1.165, 1.54) is 41.3 Å². The number of aromatic nitrogens is 4. The number of esters is 1. The second-order valence-electron chi connectivity index (χ2n) is 9.99. The molecule has 2 aromatic carbocycles. The summed E-state index contributed by atoms with van der Waals surface area (Å²) in [5, 5.41) is 0.459. The molecule has 214 valence electrons. The van der Waals surface area contributed by atoms with E-state index < -0.39 is 28.7 Å². The molecular weight excluding hydrogens is 550 g/mol. The summed E-state index contributed by atoms with van der Waals surface area (Å²) >= 11 is 0. The van der Waals surface area contributed by atoms with Crippen LogP contribution in [-0.2, 0) is 11.3 Å². The van der Waals surface area contributed by atoms with Crippen LogP contribution in [0.3, 0.4) is 0 Å². The van der Waals surface area contributed by atoms with Crippen LogP contribution in [0, 0.1) is 11.6 Å². The minimum absolute atomic E-state index is 0.00714. The summed E-state index contributed by atoms with van der Waals surface area (Å²) in [5.74, 6) is -2.39. The highest BCUT2D eigenvalue weighted by atomic mass is 19.1. The predicted octanol–water partition coefficient (Wildman–Crippen LogP) is 3.61.